The summed E-state index contributed by atoms with van der Waals surface area (Å²) in [4.78, 5) is 10.3. The van der Waals surface area contributed by atoms with E-state index in [2.05, 4.69) is 6.92 Å². The fourth-order valence-corrected chi connectivity index (χ4v) is 2.01. The third-order valence-corrected chi connectivity index (χ3v) is 3.40. The van der Waals surface area contributed by atoms with Gasteiger partial charge in [-0.3, -0.25) is 4.79 Å². The number of carboxylic acids is 1. The van der Waals surface area contributed by atoms with Crippen molar-refractivity contribution in [2.75, 3.05) is 0 Å². The average Bonchev–Trinajstić information content (AvgIpc) is 2.53. The molecule has 0 aromatic rings. The lowest BCUT2D eigenvalue weighted by atomic mass is 10.1. The number of allylic oxidation sites excluding steroid dienone is 5. The average molecular weight is 336 g/mol. The molecule has 4 nitrogen and oxygen atoms in total. The van der Waals surface area contributed by atoms with Gasteiger partial charge in [0.25, 0.3) is 0 Å². The Morgan fingerprint density at radius 2 is 1.58 bits per heavy atom. The number of carboxylic acid groups (broad SMARTS) is 1. The first-order valence-corrected chi connectivity index (χ1v) is 8.80. The summed E-state index contributed by atoms with van der Waals surface area (Å²) in [6, 6.07) is 0. The van der Waals surface area contributed by atoms with Crippen LogP contribution in [0.4, 0.5) is 0 Å². The van der Waals surface area contributed by atoms with Crippen LogP contribution in [0.3, 0.4) is 0 Å². The minimum Gasteiger partial charge on any atom is -0.481 e. The van der Waals surface area contributed by atoms with E-state index in [4.69, 9.17) is 5.11 Å². The predicted molar refractivity (Wildman–Crippen MR) is 98.8 cm³/mol. The number of aliphatic hydroxyl groups excluding tert-OH is 2. The summed E-state index contributed by atoms with van der Waals surface area (Å²) in [7, 11) is 0. The maximum Gasteiger partial charge on any atom is 0.303 e. The number of aliphatic hydroxyl groups is 2. The molecular weight excluding hydrogens is 304 g/mol. The zero-order valence-electron chi connectivity index (χ0n) is 14.7. The Labute approximate surface area is 145 Å². The summed E-state index contributed by atoms with van der Waals surface area (Å²) in [6.45, 7) is 2.14. The first-order chi connectivity index (χ1) is 11.6. The van der Waals surface area contributed by atoms with E-state index in [1.807, 2.05) is 30.4 Å². The summed E-state index contributed by atoms with van der Waals surface area (Å²) in [5.74, 6) is -0.774. The maximum absolute atomic E-state index is 10.3. The quantitative estimate of drug-likeness (QED) is 0.329. The van der Waals surface area contributed by atoms with Gasteiger partial charge in [-0.05, 0) is 25.7 Å². The van der Waals surface area contributed by atoms with Gasteiger partial charge in [0.1, 0.15) is 0 Å². The lowest BCUT2D eigenvalue weighted by Gasteiger charge is -2.03. The number of hydrogen-bond acceptors (Lipinski definition) is 3. The summed E-state index contributed by atoms with van der Waals surface area (Å²) in [6.07, 6.45) is 19.7. The molecule has 2 atom stereocenters. The number of aliphatic carboxylic acids is 1. The third-order valence-electron chi connectivity index (χ3n) is 3.40. The van der Waals surface area contributed by atoms with Crippen molar-refractivity contribution in [3.05, 3.63) is 48.6 Å². The summed E-state index contributed by atoms with van der Waals surface area (Å²) in [5.41, 5.74) is 0. The molecule has 0 radical (unpaired) electrons. The summed E-state index contributed by atoms with van der Waals surface area (Å²) < 4.78 is 0. The molecule has 0 aromatic carbocycles. The molecule has 0 saturated carbocycles. The molecule has 3 N–H and O–H groups in total. The van der Waals surface area contributed by atoms with Crippen molar-refractivity contribution in [1.29, 1.82) is 0 Å². The molecule has 136 valence electrons. The van der Waals surface area contributed by atoms with Gasteiger partial charge in [0.15, 0.2) is 0 Å². The van der Waals surface area contributed by atoms with E-state index < -0.39 is 18.2 Å². The van der Waals surface area contributed by atoms with Crippen LogP contribution in [-0.2, 0) is 4.79 Å². The fraction of sp³-hybridized carbons (Fsp3) is 0.550. The van der Waals surface area contributed by atoms with Gasteiger partial charge in [-0.25, -0.2) is 0 Å². The number of carbonyl (C=O) groups is 1. The molecule has 24 heavy (non-hydrogen) atoms. The lowest BCUT2D eigenvalue weighted by molar-refractivity contribution is -0.137. The van der Waals surface area contributed by atoms with Crippen LogP contribution in [-0.4, -0.2) is 33.5 Å². The number of hydrogen-bond donors (Lipinski definition) is 3. The molecular formula is C20H32O4. The molecule has 0 heterocycles. The molecule has 0 aromatic heterocycles. The molecule has 0 saturated heterocycles. The van der Waals surface area contributed by atoms with E-state index in [0.29, 0.717) is 12.8 Å². The van der Waals surface area contributed by atoms with Crippen molar-refractivity contribution >= 4 is 5.97 Å². The van der Waals surface area contributed by atoms with Gasteiger partial charge in [0, 0.05) is 6.42 Å². The topological polar surface area (TPSA) is 77.8 Å². The zero-order chi connectivity index (χ0) is 18.0. The van der Waals surface area contributed by atoms with E-state index in [0.717, 1.165) is 32.1 Å². The number of unbranched alkanes of at least 4 members (excludes halogenated alkanes) is 3. The van der Waals surface area contributed by atoms with Gasteiger partial charge in [-0.1, -0.05) is 74.8 Å². The molecule has 0 spiro atoms. The Morgan fingerprint density at radius 1 is 0.917 bits per heavy atom. The van der Waals surface area contributed by atoms with Crippen molar-refractivity contribution in [3.8, 4) is 0 Å². The lowest BCUT2D eigenvalue weighted by Crippen LogP contribution is -2.01. The highest BCUT2D eigenvalue weighted by Crippen LogP contribution is 2.04. The highest BCUT2D eigenvalue weighted by atomic mass is 16.4. The molecule has 0 rings (SSSR count). The molecule has 0 unspecified atom stereocenters. The Kier molecular flexibility index (Phi) is 15.1. The largest absolute Gasteiger partial charge is 0.481 e. The molecule has 0 aliphatic carbocycles. The number of rotatable bonds is 14. The third kappa shape index (κ3) is 16.7. The van der Waals surface area contributed by atoms with Crippen molar-refractivity contribution < 1.29 is 20.1 Å². The van der Waals surface area contributed by atoms with Gasteiger partial charge in [0.05, 0.1) is 12.2 Å². The zero-order valence-corrected chi connectivity index (χ0v) is 14.7. The van der Waals surface area contributed by atoms with Crippen LogP contribution in [0.15, 0.2) is 48.6 Å². The minimum atomic E-state index is -0.774. The first kappa shape index (κ1) is 22.4. The van der Waals surface area contributed by atoms with Crippen LogP contribution in [0.1, 0.15) is 58.3 Å². The van der Waals surface area contributed by atoms with E-state index in [1.165, 1.54) is 0 Å². The van der Waals surface area contributed by atoms with Crippen LogP contribution in [0, 0.1) is 0 Å². The Hall–Kier alpha value is -1.65. The molecule has 0 bridgehead atoms. The normalized spacial score (nSPS) is 15.1. The Morgan fingerprint density at radius 3 is 2.25 bits per heavy atom. The second-order valence-electron chi connectivity index (χ2n) is 5.78. The Balaban J connectivity index is 3.79. The highest BCUT2D eigenvalue weighted by molar-refractivity contribution is 5.66. The molecule has 0 fully saturated rings. The highest BCUT2D eigenvalue weighted by Gasteiger charge is 1.97. The van der Waals surface area contributed by atoms with Crippen molar-refractivity contribution in [2.45, 2.75) is 70.5 Å². The molecule has 0 aliphatic rings. The van der Waals surface area contributed by atoms with E-state index in [1.54, 1.807) is 18.2 Å². The minimum absolute atomic E-state index is 0.183. The van der Waals surface area contributed by atoms with E-state index in [9.17, 15) is 15.0 Å². The molecule has 4 heteroatoms. The molecule has 0 amide bonds. The van der Waals surface area contributed by atoms with Crippen molar-refractivity contribution in [1.82, 2.24) is 0 Å². The van der Waals surface area contributed by atoms with Gasteiger partial charge < -0.3 is 15.3 Å². The maximum atomic E-state index is 10.3. The predicted octanol–water partition coefficient (Wildman–Crippen LogP) is 4.16. The van der Waals surface area contributed by atoms with Crippen LogP contribution >= 0.6 is 0 Å². The van der Waals surface area contributed by atoms with Gasteiger partial charge in [-0.2, -0.15) is 0 Å². The molecule has 0 aliphatic heterocycles. The fourth-order valence-electron chi connectivity index (χ4n) is 2.01. The van der Waals surface area contributed by atoms with E-state index in [-0.39, 0.29) is 6.42 Å². The monoisotopic (exact) mass is 336 g/mol. The van der Waals surface area contributed by atoms with Crippen LogP contribution < -0.4 is 0 Å². The summed E-state index contributed by atoms with van der Waals surface area (Å²) >= 11 is 0. The van der Waals surface area contributed by atoms with Crippen LogP contribution in [0.5, 0.6) is 0 Å². The smallest absolute Gasteiger partial charge is 0.303 e. The van der Waals surface area contributed by atoms with Gasteiger partial charge in [0.2, 0.25) is 0 Å². The second kappa shape index (κ2) is 16.2. The van der Waals surface area contributed by atoms with E-state index >= 15 is 0 Å². The second-order valence-corrected chi connectivity index (χ2v) is 5.78. The van der Waals surface area contributed by atoms with Crippen molar-refractivity contribution in [2.24, 2.45) is 0 Å². The summed E-state index contributed by atoms with van der Waals surface area (Å²) in [5, 5.41) is 27.9. The van der Waals surface area contributed by atoms with Crippen LogP contribution in [0.25, 0.3) is 0 Å². The first-order valence-electron chi connectivity index (χ1n) is 8.80. The standard InChI is InChI=1S/C20H32O4/c1-2-3-8-13-18(21)15-10-7-11-16-19(22)14-9-5-4-6-12-17-20(23)24/h4-5,7,9-11,14-15,18-19,21-22H,2-3,6,8,12-13,16-17H2,1H3,(H,23,24)/b5-4-,11-7-,14-9+,15-10+/t18-,19+/m0/s1. The Bertz CT molecular complexity index is 421. The SMILES string of the molecule is CCCCC[C@H](O)/C=C/C=C\C[C@H](O)/C=C/C=C\CCCC(=O)O. The van der Waals surface area contributed by atoms with Gasteiger partial charge in [-0.15, -0.1) is 0 Å². The van der Waals surface area contributed by atoms with Crippen molar-refractivity contribution in [3.63, 3.8) is 0 Å². The van der Waals surface area contributed by atoms with Crippen LogP contribution in [0.2, 0.25) is 0 Å². The van der Waals surface area contributed by atoms with Gasteiger partial charge >= 0.3 is 5.97 Å².